The second kappa shape index (κ2) is 7.11. The highest BCUT2D eigenvalue weighted by Crippen LogP contribution is 2.13. The van der Waals surface area contributed by atoms with Gasteiger partial charge in [0.2, 0.25) is 0 Å². The molecule has 0 fully saturated rings. The maximum absolute atomic E-state index is 4.08. The largest absolute Gasteiger partial charge is 0.0654 e. The third-order valence-corrected chi connectivity index (χ3v) is 1.81. The molecule has 0 aromatic carbocycles. The third-order valence-electron chi connectivity index (χ3n) is 1.81. The Kier molecular flexibility index (Phi) is 7.11. The summed E-state index contributed by atoms with van der Waals surface area (Å²) in [6.07, 6.45) is 7.53. The molecule has 0 rings (SSSR count). The van der Waals surface area contributed by atoms with Crippen molar-refractivity contribution < 1.29 is 0 Å². The summed E-state index contributed by atoms with van der Waals surface area (Å²) in [6, 6.07) is 0. The smallest absolute Gasteiger partial charge is 0.0414 e. The second-order valence-electron chi connectivity index (χ2n) is 3.00. The van der Waals surface area contributed by atoms with Crippen LogP contribution < -0.4 is 0 Å². The van der Waals surface area contributed by atoms with E-state index in [1.54, 1.807) is 0 Å². The van der Waals surface area contributed by atoms with Crippen molar-refractivity contribution in [2.45, 2.75) is 45.4 Å². The molecule has 0 saturated carbocycles. The lowest BCUT2D eigenvalue weighted by atomic mass is 9.99. The summed E-state index contributed by atoms with van der Waals surface area (Å²) in [4.78, 5) is 0. The molecule has 0 N–H and O–H groups in total. The van der Waals surface area contributed by atoms with E-state index in [2.05, 4.69) is 20.8 Å². The van der Waals surface area contributed by atoms with Gasteiger partial charge in [0.15, 0.2) is 0 Å². The van der Waals surface area contributed by atoms with Gasteiger partial charge < -0.3 is 0 Å². The Morgan fingerprint density at radius 1 is 1.20 bits per heavy atom. The third kappa shape index (κ3) is 6.12. The van der Waals surface area contributed by atoms with Gasteiger partial charge in [-0.15, -0.1) is 0 Å². The lowest BCUT2D eigenvalue weighted by Gasteiger charge is -2.07. The van der Waals surface area contributed by atoms with E-state index >= 15 is 0 Å². The minimum absolute atomic E-state index is 0.691. The summed E-state index contributed by atoms with van der Waals surface area (Å²) in [5.74, 6) is 0.691. The highest BCUT2D eigenvalue weighted by atomic mass is 14.0. The van der Waals surface area contributed by atoms with E-state index in [9.17, 15) is 0 Å². The molecular formula is C10H20. The Morgan fingerprint density at radius 2 is 1.90 bits per heavy atom. The first-order valence-corrected chi connectivity index (χ1v) is 4.43. The van der Waals surface area contributed by atoms with E-state index in [1.165, 1.54) is 32.1 Å². The van der Waals surface area contributed by atoms with Gasteiger partial charge in [-0.25, -0.2) is 0 Å². The van der Waals surface area contributed by atoms with Crippen molar-refractivity contribution in [1.82, 2.24) is 0 Å². The van der Waals surface area contributed by atoms with Gasteiger partial charge in [-0.1, -0.05) is 59.3 Å². The summed E-state index contributed by atoms with van der Waals surface area (Å²) >= 11 is 0. The van der Waals surface area contributed by atoms with Crippen molar-refractivity contribution in [2.75, 3.05) is 0 Å². The molecule has 1 unspecified atom stereocenters. The van der Waals surface area contributed by atoms with Crippen molar-refractivity contribution >= 4 is 0 Å². The van der Waals surface area contributed by atoms with Crippen LogP contribution in [0.25, 0.3) is 0 Å². The van der Waals surface area contributed by atoms with Crippen LogP contribution in [0.2, 0.25) is 0 Å². The van der Waals surface area contributed by atoms with Crippen LogP contribution >= 0.6 is 0 Å². The van der Waals surface area contributed by atoms with Gasteiger partial charge in [-0.05, 0) is 5.92 Å². The first kappa shape index (κ1) is 10.0. The second-order valence-corrected chi connectivity index (χ2v) is 3.00. The molecule has 0 aliphatic heterocycles. The van der Waals surface area contributed by atoms with Crippen LogP contribution in [0, 0.1) is 19.8 Å². The van der Waals surface area contributed by atoms with Crippen LogP contribution in [-0.4, -0.2) is 0 Å². The summed E-state index contributed by atoms with van der Waals surface area (Å²) in [5, 5.41) is 0. The molecule has 0 bridgehead atoms. The zero-order chi connectivity index (χ0) is 7.82. The van der Waals surface area contributed by atoms with Crippen LogP contribution in [0.3, 0.4) is 0 Å². The summed E-state index contributed by atoms with van der Waals surface area (Å²) in [6.45, 7) is 10.1. The maximum atomic E-state index is 4.08. The SMILES string of the molecule is [CH2]CCCCC([CH2])CCC. The summed E-state index contributed by atoms with van der Waals surface area (Å²) in [7, 11) is 0. The molecule has 1 atom stereocenters. The summed E-state index contributed by atoms with van der Waals surface area (Å²) in [5.41, 5.74) is 0. The van der Waals surface area contributed by atoms with Gasteiger partial charge >= 0.3 is 0 Å². The minimum Gasteiger partial charge on any atom is -0.0654 e. The Hall–Kier alpha value is 0. The van der Waals surface area contributed by atoms with Crippen molar-refractivity contribution in [2.24, 2.45) is 5.92 Å². The van der Waals surface area contributed by atoms with E-state index in [0.29, 0.717) is 5.92 Å². The normalized spacial score (nSPS) is 13.5. The average Bonchev–Trinajstić information content (AvgIpc) is 1.89. The molecule has 0 heterocycles. The Labute approximate surface area is 66.0 Å². The number of rotatable bonds is 6. The van der Waals surface area contributed by atoms with E-state index in [1.807, 2.05) is 0 Å². The Bertz CT molecular complexity index is 57.1. The van der Waals surface area contributed by atoms with Gasteiger partial charge in [0, 0.05) is 0 Å². The van der Waals surface area contributed by atoms with Crippen molar-refractivity contribution in [3.05, 3.63) is 13.8 Å². The predicted octanol–water partition coefficient (Wildman–Crippen LogP) is 3.63. The molecule has 0 aliphatic rings. The van der Waals surface area contributed by atoms with Gasteiger partial charge in [-0.2, -0.15) is 0 Å². The molecule has 0 aliphatic carbocycles. The standard InChI is InChI=1S/C10H20/c1-4-6-7-9-10(3)8-5-2/h10H,1,3-9H2,2H3. The number of unbranched alkanes of at least 4 members (excludes halogenated alkanes) is 2. The van der Waals surface area contributed by atoms with Gasteiger partial charge in [0.1, 0.15) is 0 Å². The van der Waals surface area contributed by atoms with E-state index < -0.39 is 0 Å². The lowest BCUT2D eigenvalue weighted by Crippen LogP contribution is -1.93. The molecule has 0 saturated heterocycles. The van der Waals surface area contributed by atoms with Crippen LogP contribution in [0.1, 0.15) is 45.4 Å². The Morgan fingerprint density at radius 3 is 2.40 bits per heavy atom. The molecular weight excluding hydrogens is 120 g/mol. The van der Waals surface area contributed by atoms with Crippen molar-refractivity contribution in [1.29, 1.82) is 0 Å². The van der Waals surface area contributed by atoms with Gasteiger partial charge in [0.05, 0.1) is 0 Å². The van der Waals surface area contributed by atoms with E-state index in [-0.39, 0.29) is 0 Å². The molecule has 60 valence electrons. The van der Waals surface area contributed by atoms with Gasteiger partial charge in [-0.3, -0.25) is 0 Å². The fourth-order valence-corrected chi connectivity index (χ4v) is 1.16. The maximum Gasteiger partial charge on any atom is -0.0414 e. The van der Waals surface area contributed by atoms with Crippen molar-refractivity contribution in [3.63, 3.8) is 0 Å². The fourth-order valence-electron chi connectivity index (χ4n) is 1.16. The first-order chi connectivity index (χ1) is 4.81. The molecule has 0 heteroatoms. The molecule has 0 spiro atoms. The molecule has 0 aromatic heterocycles. The van der Waals surface area contributed by atoms with Crippen LogP contribution in [0.5, 0.6) is 0 Å². The molecule has 0 nitrogen and oxygen atoms in total. The quantitative estimate of drug-likeness (QED) is 0.494. The predicted molar refractivity (Wildman–Crippen MR) is 47.6 cm³/mol. The van der Waals surface area contributed by atoms with Crippen LogP contribution in [-0.2, 0) is 0 Å². The monoisotopic (exact) mass is 140 g/mol. The average molecular weight is 140 g/mol. The molecule has 10 heavy (non-hydrogen) atoms. The fraction of sp³-hybridized carbons (Fsp3) is 0.800. The summed E-state index contributed by atoms with van der Waals surface area (Å²) < 4.78 is 0. The van der Waals surface area contributed by atoms with E-state index in [0.717, 1.165) is 6.42 Å². The van der Waals surface area contributed by atoms with E-state index in [4.69, 9.17) is 0 Å². The minimum atomic E-state index is 0.691. The lowest BCUT2D eigenvalue weighted by molar-refractivity contribution is 0.502. The van der Waals surface area contributed by atoms with Gasteiger partial charge in [0.25, 0.3) is 0 Å². The molecule has 0 amide bonds. The van der Waals surface area contributed by atoms with Crippen molar-refractivity contribution in [3.8, 4) is 0 Å². The topological polar surface area (TPSA) is 0 Å². The molecule has 2 radical (unpaired) electrons. The first-order valence-electron chi connectivity index (χ1n) is 4.43. The van der Waals surface area contributed by atoms with Crippen LogP contribution in [0.15, 0.2) is 0 Å². The molecule has 0 aromatic rings. The highest BCUT2D eigenvalue weighted by molar-refractivity contribution is 4.60. The Balaban J connectivity index is 2.97. The number of hydrogen-bond donors (Lipinski definition) is 0. The zero-order valence-electron chi connectivity index (χ0n) is 7.23. The number of hydrogen-bond acceptors (Lipinski definition) is 0. The van der Waals surface area contributed by atoms with Crippen LogP contribution in [0.4, 0.5) is 0 Å². The highest BCUT2D eigenvalue weighted by Gasteiger charge is 1.98. The zero-order valence-corrected chi connectivity index (χ0v) is 7.23.